The molecule has 0 spiro atoms. The van der Waals surface area contributed by atoms with Gasteiger partial charge in [-0.15, -0.1) is 0 Å². The highest BCUT2D eigenvalue weighted by Gasteiger charge is 2.26. The molecule has 0 saturated carbocycles. The van der Waals surface area contributed by atoms with Crippen molar-refractivity contribution in [1.29, 1.82) is 0 Å². The van der Waals surface area contributed by atoms with Gasteiger partial charge in [-0.05, 0) is 45.6 Å². The highest BCUT2D eigenvalue weighted by atomic mass is 16.5. The van der Waals surface area contributed by atoms with E-state index >= 15 is 0 Å². The number of hydrogen-bond acceptors (Lipinski definition) is 3. The molecule has 2 saturated heterocycles. The average Bonchev–Trinajstić information content (AvgIpc) is 2.32. The van der Waals surface area contributed by atoms with Gasteiger partial charge in [-0.3, -0.25) is 4.79 Å². The van der Waals surface area contributed by atoms with E-state index in [9.17, 15) is 4.79 Å². The van der Waals surface area contributed by atoms with Gasteiger partial charge in [0.2, 0.25) is 5.91 Å². The number of rotatable bonds is 3. The third-order valence-electron chi connectivity index (χ3n) is 3.85. The summed E-state index contributed by atoms with van der Waals surface area (Å²) in [6.07, 6.45) is 3.91. The van der Waals surface area contributed by atoms with Crippen LogP contribution in [0.5, 0.6) is 0 Å². The smallest absolute Gasteiger partial charge is 0.246 e. The Kier molecular flexibility index (Phi) is 4.40. The number of hydrogen-bond donors (Lipinski definition) is 1. The van der Waals surface area contributed by atoms with Crippen LogP contribution >= 0.6 is 0 Å². The van der Waals surface area contributed by atoms with Crippen molar-refractivity contribution >= 4 is 5.91 Å². The van der Waals surface area contributed by atoms with Crippen LogP contribution in [0.4, 0.5) is 0 Å². The van der Waals surface area contributed by atoms with Crippen LogP contribution in [0.3, 0.4) is 0 Å². The summed E-state index contributed by atoms with van der Waals surface area (Å²) in [5, 5.41) is 2.88. The van der Waals surface area contributed by atoms with Crippen molar-refractivity contribution in [2.45, 2.75) is 45.3 Å². The van der Waals surface area contributed by atoms with Gasteiger partial charge in [-0.25, -0.2) is 0 Å². The van der Waals surface area contributed by atoms with Crippen molar-refractivity contribution in [2.24, 2.45) is 5.92 Å². The summed E-state index contributed by atoms with van der Waals surface area (Å²) < 4.78 is 5.56. The predicted octanol–water partition coefficient (Wildman–Crippen LogP) is 1.01. The number of amides is 1. The number of morpholine rings is 1. The number of carbonyl (C=O) groups excluding carboxylic acids is 1. The zero-order valence-corrected chi connectivity index (χ0v) is 10.9. The van der Waals surface area contributed by atoms with Crippen LogP contribution in [0.15, 0.2) is 0 Å². The summed E-state index contributed by atoms with van der Waals surface area (Å²) in [7, 11) is 0. The maximum atomic E-state index is 11.0. The summed E-state index contributed by atoms with van der Waals surface area (Å²) in [5.74, 6) is 0.750. The summed E-state index contributed by atoms with van der Waals surface area (Å²) in [4.78, 5) is 13.5. The maximum Gasteiger partial charge on any atom is 0.246 e. The Bertz CT molecular complexity index is 258. The second-order valence-electron chi connectivity index (χ2n) is 5.57. The molecule has 0 aromatic carbocycles. The van der Waals surface area contributed by atoms with Crippen molar-refractivity contribution in [3.63, 3.8) is 0 Å². The van der Waals surface area contributed by atoms with Gasteiger partial charge in [-0.2, -0.15) is 0 Å². The van der Waals surface area contributed by atoms with Gasteiger partial charge in [-0.1, -0.05) is 0 Å². The van der Waals surface area contributed by atoms with Crippen LogP contribution < -0.4 is 5.32 Å². The molecule has 2 atom stereocenters. The third kappa shape index (κ3) is 3.68. The molecular weight excluding hydrogens is 216 g/mol. The molecule has 0 aromatic heterocycles. The monoisotopic (exact) mass is 240 g/mol. The molecule has 2 unspecified atom stereocenters. The van der Waals surface area contributed by atoms with Crippen molar-refractivity contribution in [1.82, 2.24) is 10.2 Å². The first-order valence-electron chi connectivity index (χ1n) is 6.77. The normalized spacial score (nSPS) is 31.6. The van der Waals surface area contributed by atoms with E-state index in [-0.39, 0.29) is 18.6 Å². The first-order chi connectivity index (χ1) is 8.15. The van der Waals surface area contributed by atoms with Gasteiger partial charge >= 0.3 is 0 Å². The molecule has 0 aliphatic carbocycles. The van der Waals surface area contributed by atoms with Crippen LogP contribution in [0, 0.1) is 5.92 Å². The predicted molar refractivity (Wildman–Crippen MR) is 66.8 cm³/mol. The summed E-state index contributed by atoms with van der Waals surface area (Å²) in [5.41, 5.74) is 0. The zero-order chi connectivity index (χ0) is 12.3. The number of ether oxygens (including phenoxy) is 1. The Morgan fingerprint density at radius 1 is 1.53 bits per heavy atom. The Morgan fingerprint density at radius 2 is 2.35 bits per heavy atom. The molecule has 1 N–H and O–H groups in total. The van der Waals surface area contributed by atoms with E-state index in [0.717, 1.165) is 12.3 Å². The van der Waals surface area contributed by atoms with E-state index in [1.807, 2.05) is 0 Å². The average molecular weight is 240 g/mol. The fourth-order valence-electron chi connectivity index (χ4n) is 2.81. The standard InChI is InChI=1S/C13H24N2O2/c1-10(2)15-5-3-4-11(8-15)6-12-7-14-13(16)9-17-12/h10-12H,3-9H2,1-2H3,(H,14,16). The third-order valence-corrected chi connectivity index (χ3v) is 3.85. The zero-order valence-electron chi connectivity index (χ0n) is 10.9. The molecule has 2 fully saturated rings. The number of piperidine rings is 1. The molecule has 1 amide bonds. The largest absolute Gasteiger partial charge is 0.367 e. The summed E-state index contributed by atoms with van der Waals surface area (Å²) >= 11 is 0. The fraction of sp³-hybridized carbons (Fsp3) is 0.923. The van der Waals surface area contributed by atoms with Crippen molar-refractivity contribution in [2.75, 3.05) is 26.2 Å². The second-order valence-corrected chi connectivity index (χ2v) is 5.57. The SMILES string of the molecule is CC(C)N1CCCC(CC2CNC(=O)CO2)C1. The van der Waals surface area contributed by atoms with Gasteiger partial charge in [0.25, 0.3) is 0 Å². The molecule has 2 heterocycles. The van der Waals surface area contributed by atoms with E-state index in [4.69, 9.17) is 4.74 Å². The number of nitrogens with zero attached hydrogens (tertiary/aromatic N) is 1. The van der Waals surface area contributed by atoms with Crippen molar-refractivity contribution < 1.29 is 9.53 Å². The molecule has 0 aromatic rings. The van der Waals surface area contributed by atoms with Crippen molar-refractivity contribution in [3.05, 3.63) is 0 Å². The molecule has 0 radical (unpaired) electrons. The Morgan fingerprint density at radius 3 is 3.00 bits per heavy atom. The summed E-state index contributed by atoms with van der Waals surface area (Å²) in [6, 6.07) is 0.643. The van der Waals surface area contributed by atoms with E-state index in [1.165, 1.54) is 25.9 Å². The molecule has 4 heteroatoms. The van der Waals surface area contributed by atoms with Crippen LogP contribution in [0.2, 0.25) is 0 Å². The minimum atomic E-state index is 0.0219. The van der Waals surface area contributed by atoms with E-state index in [2.05, 4.69) is 24.1 Å². The Hall–Kier alpha value is -0.610. The lowest BCUT2D eigenvalue weighted by atomic mass is 9.91. The van der Waals surface area contributed by atoms with Crippen molar-refractivity contribution in [3.8, 4) is 0 Å². The molecule has 2 aliphatic rings. The Balaban J connectivity index is 1.76. The van der Waals surface area contributed by atoms with Gasteiger partial charge in [0.1, 0.15) is 6.61 Å². The Labute approximate surface area is 104 Å². The highest BCUT2D eigenvalue weighted by Crippen LogP contribution is 2.23. The number of likely N-dealkylation sites (tertiary alicyclic amines) is 1. The minimum absolute atomic E-state index is 0.0219. The topological polar surface area (TPSA) is 41.6 Å². The molecule has 4 nitrogen and oxygen atoms in total. The lowest BCUT2D eigenvalue weighted by Crippen LogP contribution is -2.46. The lowest BCUT2D eigenvalue weighted by Gasteiger charge is -2.37. The molecule has 17 heavy (non-hydrogen) atoms. The van der Waals surface area contributed by atoms with Crippen LogP contribution in [-0.2, 0) is 9.53 Å². The van der Waals surface area contributed by atoms with Gasteiger partial charge in [0, 0.05) is 19.1 Å². The molecule has 2 rings (SSSR count). The first-order valence-corrected chi connectivity index (χ1v) is 6.77. The van der Waals surface area contributed by atoms with Gasteiger partial charge in [0.05, 0.1) is 6.10 Å². The van der Waals surface area contributed by atoms with E-state index in [0.29, 0.717) is 12.6 Å². The fourth-order valence-corrected chi connectivity index (χ4v) is 2.81. The van der Waals surface area contributed by atoms with Crippen LogP contribution in [0.25, 0.3) is 0 Å². The minimum Gasteiger partial charge on any atom is -0.367 e. The molecule has 98 valence electrons. The van der Waals surface area contributed by atoms with E-state index < -0.39 is 0 Å². The molecular formula is C13H24N2O2. The second kappa shape index (κ2) is 5.83. The molecule has 0 bridgehead atoms. The lowest BCUT2D eigenvalue weighted by molar-refractivity contribution is -0.134. The number of nitrogens with one attached hydrogen (secondary N) is 1. The van der Waals surface area contributed by atoms with Crippen LogP contribution in [-0.4, -0.2) is 49.2 Å². The van der Waals surface area contributed by atoms with Gasteiger partial charge in [0.15, 0.2) is 0 Å². The van der Waals surface area contributed by atoms with E-state index in [1.54, 1.807) is 0 Å². The first kappa shape index (κ1) is 12.8. The van der Waals surface area contributed by atoms with Crippen LogP contribution in [0.1, 0.15) is 33.1 Å². The number of carbonyl (C=O) groups is 1. The van der Waals surface area contributed by atoms with Gasteiger partial charge < -0.3 is 15.0 Å². The maximum absolute atomic E-state index is 11.0. The summed E-state index contributed by atoms with van der Waals surface area (Å²) in [6.45, 7) is 7.88. The molecule has 2 aliphatic heterocycles. The highest BCUT2D eigenvalue weighted by molar-refractivity contribution is 5.77. The quantitative estimate of drug-likeness (QED) is 0.800.